The first kappa shape index (κ1) is 15.7. The molecule has 0 aliphatic carbocycles. The molecule has 1 unspecified atom stereocenters. The van der Waals surface area contributed by atoms with Gasteiger partial charge < -0.3 is 0 Å². The maximum Gasteiger partial charge on any atom is 0.126 e. The third-order valence-corrected chi connectivity index (χ3v) is 3.78. The highest BCUT2D eigenvalue weighted by molar-refractivity contribution is 5.41. The molecular formula is C18H23FN2. The van der Waals surface area contributed by atoms with Crippen LogP contribution in [0.15, 0.2) is 42.5 Å². The summed E-state index contributed by atoms with van der Waals surface area (Å²) in [6.07, 6.45) is 0. The first-order chi connectivity index (χ1) is 9.84. The van der Waals surface area contributed by atoms with Crippen molar-refractivity contribution in [2.24, 2.45) is 5.84 Å². The molecule has 0 amide bonds. The van der Waals surface area contributed by atoms with Crippen molar-refractivity contribution in [3.05, 3.63) is 70.5 Å². The van der Waals surface area contributed by atoms with Crippen LogP contribution in [0.3, 0.4) is 0 Å². The standard InChI is InChI=1S/C18H23FN2/c1-12-9-10-13(11-16(12)19)17(21-20)14-7-5-6-8-15(14)18(2,3)4/h5-11,17,21H,20H2,1-4H3. The van der Waals surface area contributed by atoms with Crippen molar-refractivity contribution >= 4 is 0 Å². The van der Waals surface area contributed by atoms with Crippen molar-refractivity contribution in [3.63, 3.8) is 0 Å². The van der Waals surface area contributed by atoms with Crippen LogP contribution in [0.1, 0.15) is 49.1 Å². The van der Waals surface area contributed by atoms with Gasteiger partial charge in [-0.3, -0.25) is 5.84 Å². The highest BCUT2D eigenvalue weighted by Crippen LogP contribution is 2.32. The van der Waals surface area contributed by atoms with Crippen LogP contribution in [-0.2, 0) is 5.41 Å². The van der Waals surface area contributed by atoms with Crippen LogP contribution < -0.4 is 11.3 Å². The number of rotatable bonds is 3. The van der Waals surface area contributed by atoms with Gasteiger partial charge >= 0.3 is 0 Å². The summed E-state index contributed by atoms with van der Waals surface area (Å²) >= 11 is 0. The highest BCUT2D eigenvalue weighted by Gasteiger charge is 2.23. The van der Waals surface area contributed by atoms with E-state index in [1.54, 1.807) is 19.1 Å². The Morgan fingerprint density at radius 2 is 1.76 bits per heavy atom. The molecule has 2 rings (SSSR count). The summed E-state index contributed by atoms with van der Waals surface area (Å²) in [6.45, 7) is 8.24. The van der Waals surface area contributed by atoms with Crippen molar-refractivity contribution in [1.82, 2.24) is 5.43 Å². The van der Waals surface area contributed by atoms with Gasteiger partial charge in [0.15, 0.2) is 0 Å². The first-order valence-corrected chi connectivity index (χ1v) is 7.16. The number of halogens is 1. The molecule has 0 radical (unpaired) electrons. The molecule has 0 aromatic heterocycles. The van der Waals surface area contributed by atoms with Gasteiger partial charge in [-0.1, -0.05) is 57.2 Å². The average molecular weight is 286 g/mol. The SMILES string of the molecule is Cc1ccc(C(NN)c2ccccc2C(C)(C)C)cc1F. The fourth-order valence-electron chi connectivity index (χ4n) is 2.59. The molecule has 21 heavy (non-hydrogen) atoms. The van der Waals surface area contributed by atoms with Crippen molar-refractivity contribution in [2.75, 3.05) is 0 Å². The second kappa shape index (κ2) is 5.96. The van der Waals surface area contributed by atoms with E-state index >= 15 is 0 Å². The zero-order valence-corrected chi connectivity index (χ0v) is 13.1. The lowest BCUT2D eigenvalue weighted by molar-refractivity contribution is 0.554. The molecule has 0 heterocycles. The van der Waals surface area contributed by atoms with Crippen molar-refractivity contribution in [3.8, 4) is 0 Å². The molecule has 0 aliphatic rings. The van der Waals surface area contributed by atoms with E-state index in [0.29, 0.717) is 5.56 Å². The number of benzene rings is 2. The number of aryl methyl sites for hydroxylation is 1. The van der Waals surface area contributed by atoms with Crippen molar-refractivity contribution in [2.45, 2.75) is 39.2 Å². The zero-order chi connectivity index (χ0) is 15.6. The van der Waals surface area contributed by atoms with Crippen LogP contribution in [0.5, 0.6) is 0 Å². The minimum Gasteiger partial charge on any atom is -0.271 e. The molecule has 3 N–H and O–H groups in total. The topological polar surface area (TPSA) is 38.0 Å². The second-order valence-corrected chi connectivity index (χ2v) is 6.45. The number of nitrogens with two attached hydrogens (primary N) is 1. The maximum atomic E-state index is 13.9. The Balaban J connectivity index is 2.54. The Bertz CT molecular complexity index is 629. The Labute approximate surface area is 126 Å². The van der Waals surface area contributed by atoms with Crippen LogP contribution in [0, 0.1) is 12.7 Å². The quantitative estimate of drug-likeness (QED) is 0.661. The summed E-state index contributed by atoms with van der Waals surface area (Å²) in [7, 11) is 0. The number of hydrogen-bond acceptors (Lipinski definition) is 2. The summed E-state index contributed by atoms with van der Waals surface area (Å²) in [5.74, 6) is 5.56. The van der Waals surface area contributed by atoms with Crippen LogP contribution in [0.2, 0.25) is 0 Å². The molecule has 0 aliphatic heterocycles. The molecule has 0 saturated carbocycles. The van der Waals surface area contributed by atoms with E-state index in [1.165, 1.54) is 5.56 Å². The van der Waals surface area contributed by atoms with Gasteiger partial charge in [0.05, 0.1) is 6.04 Å². The lowest BCUT2D eigenvalue weighted by atomic mass is 9.80. The summed E-state index contributed by atoms with van der Waals surface area (Å²) < 4.78 is 13.9. The second-order valence-electron chi connectivity index (χ2n) is 6.45. The first-order valence-electron chi connectivity index (χ1n) is 7.16. The fourth-order valence-corrected chi connectivity index (χ4v) is 2.59. The van der Waals surface area contributed by atoms with Crippen LogP contribution >= 0.6 is 0 Å². The average Bonchev–Trinajstić information content (AvgIpc) is 2.43. The van der Waals surface area contributed by atoms with Gasteiger partial charge in [0.1, 0.15) is 5.82 Å². The van der Waals surface area contributed by atoms with E-state index in [1.807, 2.05) is 24.3 Å². The summed E-state index contributed by atoms with van der Waals surface area (Å²) in [5.41, 5.74) is 6.57. The minimum atomic E-state index is -0.226. The predicted molar refractivity (Wildman–Crippen MR) is 85.4 cm³/mol. The van der Waals surface area contributed by atoms with E-state index < -0.39 is 0 Å². The van der Waals surface area contributed by atoms with E-state index in [9.17, 15) is 4.39 Å². The van der Waals surface area contributed by atoms with Crippen LogP contribution in [0.4, 0.5) is 4.39 Å². The van der Waals surface area contributed by atoms with Crippen molar-refractivity contribution in [1.29, 1.82) is 0 Å². The van der Waals surface area contributed by atoms with Crippen LogP contribution in [0.25, 0.3) is 0 Å². The molecule has 2 aromatic rings. The molecule has 0 fully saturated rings. The van der Waals surface area contributed by atoms with Gasteiger partial charge in [0.2, 0.25) is 0 Å². The molecule has 112 valence electrons. The summed E-state index contributed by atoms with van der Waals surface area (Å²) in [6, 6.07) is 13.2. The molecule has 3 heteroatoms. The van der Waals surface area contributed by atoms with E-state index in [2.05, 4.69) is 32.3 Å². The fraction of sp³-hybridized carbons (Fsp3) is 0.333. The Kier molecular flexibility index (Phi) is 4.45. The van der Waals surface area contributed by atoms with E-state index in [-0.39, 0.29) is 17.3 Å². The predicted octanol–water partition coefficient (Wildman–Crippen LogP) is 3.98. The third-order valence-electron chi connectivity index (χ3n) is 3.78. The third kappa shape index (κ3) is 3.31. The lowest BCUT2D eigenvalue weighted by Gasteiger charge is -2.27. The molecule has 0 saturated heterocycles. The Hall–Kier alpha value is -1.71. The lowest BCUT2D eigenvalue weighted by Crippen LogP contribution is -2.31. The van der Waals surface area contributed by atoms with Crippen LogP contribution in [-0.4, -0.2) is 0 Å². The van der Waals surface area contributed by atoms with Gasteiger partial charge in [-0.15, -0.1) is 0 Å². The largest absolute Gasteiger partial charge is 0.271 e. The van der Waals surface area contributed by atoms with E-state index in [4.69, 9.17) is 5.84 Å². The molecular weight excluding hydrogens is 263 g/mol. The highest BCUT2D eigenvalue weighted by atomic mass is 19.1. The zero-order valence-electron chi connectivity index (χ0n) is 13.1. The monoisotopic (exact) mass is 286 g/mol. The molecule has 0 bridgehead atoms. The number of hydrogen-bond donors (Lipinski definition) is 2. The molecule has 0 spiro atoms. The van der Waals surface area contributed by atoms with Crippen molar-refractivity contribution < 1.29 is 4.39 Å². The van der Waals surface area contributed by atoms with E-state index in [0.717, 1.165) is 11.1 Å². The minimum absolute atomic E-state index is 0.00502. The number of nitrogens with one attached hydrogen (secondary N) is 1. The van der Waals surface area contributed by atoms with Gasteiger partial charge in [-0.25, -0.2) is 9.82 Å². The van der Waals surface area contributed by atoms with Gasteiger partial charge in [0.25, 0.3) is 0 Å². The normalized spacial score (nSPS) is 13.2. The Morgan fingerprint density at radius 1 is 1.10 bits per heavy atom. The molecule has 1 atom stereocenters. The maximum absolute atomic E-state index is 13.9. The number of hydrazine groups is 1. The molecule has 2 nitrogen and oxygen atoms in total. The van der Waals surface area contributed by atoms with Gasteiger partial charge in [0, 0.05) is 0 Å². The van der Waals surface area contributed by atoms with Gasteiger partial charge in [-0.05, 0) is 40.7 Å². The smallest absolute Gasteiger partial charge is 0.126 e. The van der Waals surface area contributed by atoms with Gasteiger partial charge in [-0.2, -0.15) is 0 Å². The summed E-state index contributed by atoms with van der Waals surface area (Å²) in [4.78, 5) is 0. The molecule has 2 aromatic carbocycles. The Morgan fingerprint density at radius 3 is 2.33 bits per heavy atom. The summed E-state index contributed by atoms with van der Waals surface area (Å²) in [5, 5.41) is 0.